The first-order valence-electron chi connectivity index (χ1n) is 8.18. The largest absolute Gasteiger partial charge is 0.497 e. The fourth-order valence-corrected chi connectivity index (χ4v) is 2.28. The lowest BCUT2D eigenvalue weighted by molar-refractivity contribution is -0.123. The van der Waals surface area contributed by atoms with Gasteiger partial charge in [0.2, 0.25) is 0 Å². The van der Waals surface area contributed by atoms with E-state index in [2.05, 4.69) is 10.6 Å². The molecule has 0 spiro atoms. The van der Waals surface area contributed by atoms with E-state index in [1.165, 1.54) is 14.2 Å². The molecule has 7 nitrogen and oxygen atoms in total. The van der Waals surface area contributed by atoms with E-state index in [9.17, 15) is 9.59 Å². The zero-order chi connectivity index (χ0) is 19.6. The van der Waals surface area contributed by atoms with E-state index in [0.29, 0.717) is 27.8 Å². The van der Waals surface area contributed by atoms with Gasteiger partial charge in [-0.1, -0.05) is 11.6 Å². The molecule has 0 aliphatic carbocycles. The maximum Gasteiger partial charge on any atom is 0.258 e. The van der Waals surface area contributed by atoms with Gasteiger partial charge in [0.1, 0.15) is 17.2 Å². The second kappa shape index (κ2) is 10.3. The molecule has 2 aromatic rings. The molecule has 2 amide bonds. The number of rotatable bonds is 9. The number of amides is 2. The molecule has 0 unspecified atom stereocenters. The lowest BCUT2D eigenvalue weighted by atomic mass is 10.2. The molecule has 144 valence electrons. The lowest BCUT2D eigenvalue weighted by Gasteiger charge is -2.10. The van der Waals surface area contributed by atoms with Crippen molar-refractivity contribution < 1.29 is 23.8 Å². The summed E-state index contributed by atoms with van der Waals surface area (Å²) in [4.78, 5) is 24.0. The van der Waals surface area contributed by atoms with Gasteiger partial charge in [-0.2, -0.15) is 0 Å². The smallest absolute Gasteiger partial charge is 0.258 e. The molecule has 0 aliphatic heterocycles. The first kappa shape index (κ1) is 20.4. The zero-order valence-electron chi connectivity index (χ0n) is 15.1. The Kier molecular flexibility index (Phi) is 7.76. The van der Waals surface area contributed by atoms with Gasteiger partial charge in [0.25, 0.3) is 11.8 Å². The highest BCUT2D eigenvalue weighted by Gasteiger charge is 2.10. The molecule has 2 rings (SSSR count). The van der Waals surface area contributed by atoms with Gasteiger partial charge in [0, 0.05) is 29.7 Å². The summed E-state index contributed by atoms with van der Waals surface area (Å²) >= 11 is 5.78. The van der Waals surface area contributed by atoms with Crippen molar-refractivity contribution in [3.05, 3.63) is 53.1 Å². The summed E-state index contributed by atoms with van der Waals surface area (Å²) in [6.07, 6.45) is 0. The van der Waals surface area contributed by atoms with Gasteiger partial charge in [-0.25, -0.2) is 0 Å². The van der Waals surface area contributed by atoms with Crippen molar-refractivity contribution >= 4 is 23.4 Å². The van der Waals surface area contributed by atoms with Crippen LogP contribution in [0.1, 0.15) is 10.4 Å². The van der Waals surface area contributed by atoms with Crippen LogP contribution in [0.5, 0.6) is 17.2 Å². The van der Waals surface area contributed by atoms with Crippen molar-refractivity contribution in [1.82, 2.24) is 10.6 Å². The van der Waals surface area contributed by atoms with Gasteiger partial charge in [-0.3, -0.25) is 9.59 Å². The van der Waals surface area contributed by atoms with Crippen LogP contribution in [0.4, 0.5) is 0 Å². The second-order valence-corrected chi connectivity index (χ2v) is 5.89. The average Bonchev–Trinajstić information content (AvgIpc) is 2.70. The van der Waals surface area contributed by atoms with Gasteiger partial charge in [-0.15, -0.1) is 0 Å². The van der Waals surface area contributed by atoms with Crippen LogP contribution in [0, 0.1) is 0 Å². The number of hydrogen-bond acceptors (Lipinski definition) is 5. The maximum atomic E-state index is 12.2. The van der Waals surface area contributed by atoms with E-state index in [1.54, 1.807) is 42.5 Å². The number of halogens is 1. The number of carbonyl (C=O) groups excluding carboxylic acids is 2. The van der Waals surface area contributed by atoms with E-state index in [-0.39, 0.29) is 31.5 Å². The van der Waals surface area contributed by atoms with E-state index in [0.717, 1.165) is 0 Å². The fourth-order valence-electron chi connectivity index (χ4n) is 2.15. The van der Waals surface area contributed by atoms with Gasteiger partial charge < -0.3 is 24.8 Å². The first-order valence-corrected chi connectivity index (χ1v) is 8.56. The average molecular weight is 393 g/mol. The van der Waals surface area contributed by atoms with Crippen LogP contribution in [0.15, 0.2) is 42.5 Å². The van der Waals surface area contributed by atoms with E-state index < -0.39 is 0 Å². The Labute approximate surface area is 162 Å². The molecule has 0 radical (unpaired) electrons. The third-order valence-electron chi connectivity index (χ3n) is 3.53. The molecule has 0 aromatic heterocycles. The summed E-state index contributed by atoms with van der Waals surface area (Å²) < 4.78 is 15.6. The highest BCUT2D eigenvalue weighted by molar-refractivity contribution is 6.30. The van der Waals surface area contributed by atoms with Gasteiger partial charge in [0.05, 0.1) is 14.2 Å². The molecular formula is C19H21ClN2O5. The summed E-state index contributed by atoms with van der Waals surface area (Å²) in [6, 6.07) is 11.6. The Morgan fingerprint density at radius 1 is 0.889 bits per heavy atom. The molecule has 2 N–H and O–H groups in total. The summed E-state index contributed by atoms with van der Waals surface area (Å²) in [7, 11) is 3.02. The Morgan fingerprint density at radius 3 is 2.07 bits per heavy atom. The van der Waals surface area contributed by atoms with Gasteiger partial charge in [0.15, 0.2) is 6.61 Å². The first-order chi connectivity index (χ1) is 13.0. The van der Waals surface area contributed by atoms with Crippen LogP contribution in [0.2, 0.25) is 5.02 Å². The molecule has 0 saturated carbocycles. The Bertz CT molecular complexity index is 758. The Hall–Kier alpha value is -2.93. The normalized spacial score (nSPS) is 10.0. The molecule has 27 heavy (non-hydrogen) atoms. The molecule has 0 atom stereocenters. The van der Waals surface area contributed by atoms with Crippen molar-refractivity contribution in [3.8, 4) is 17.2 Å². The number of methoxy groups -OCH3 is 2. The summed E-state index contributed by atoms with van der Waals surface area (Å²) in [5, 5.41) is 5.97. The Morgan fingerprint density at radius 2 is 1.48 bits per heavy atom. The standard InChI is InChI=1S/C19H21ClN2O5/c1-25-16-9-13(10-17(11-16)26-2)19(24)22-8-7-21-18(23)12-27-15-5-3-14(20)4-6-15/h3-6,9-11H,7-8,12H2,1-2H3,(H,21,23)(H,22,24). The van der Waals surface area contributed by atoms with Crippen LogP contribution in [-0.4, -0.2) is 45.7 Å². The number of nitrogens with one attached hydrogen (secondary N) is 2. The van der Waals surface area contributed by atoms with Crippen LogP contribution in [0.25, 0.3) is 0 Å². The van der Waals surface area contributed by atoms with Crippen LogP contribution in [-0.2, 0) is 4.79 Å². The third kappa shape index (κ3) is 6.71. The second-order valence-electron chi connectivity index (χ2n) is 5.45. The minimum absolute atomic E-state index is 0.122. The zero-order valence-corrected chi connectivity index (χ0v) is 15.8. The topological polar surface area (TPSA) is 85.9 Å². The number of benzene rings is 2. The highest BCUT2D eigenvalue weighted by Crippen LogP contribution is 2.22. The van der Waals surface area contributed by atoms with Crippen LogP contribution < -0.4 is 24.8 Å². The minimum atomic E-state index is -0.293. The van der Waals surface area contributed by atoms with E-state index >= 15 is 0 Å². The van der Waals surface area contributed by atoms with Gasteiger partial charge >= 0.3 is 0 Å². The summed E-state index contributed by atoms with van der Waals surface area (Å²) in [5.74, 6) is 1.01. The maximum absolute atomic E-state index is 12.2. The lowest BCUT2D eigenvalue weighted by Crippen LogP contribution is -2.36. The minimum Gasteiger partial charge on any atom is -0.497 e. The summed E-state index contributed by atoms with van der Waals surface area (Å²) in [6.45, 7) is 0.420. The van der Waals surface area contributed by atoms with Crippen molar-refractivity contribution in [1.29, 1.82) is 0 Å². The monoisotopic (exact) mass is 392 g/mol. The van der Waals surface area contributed by atoms with Crippen molar-refractivity contribution in [2.75, 3.05) is 33.9 Å². The Balaban J connectivity index is 1.72. The van der Waals surface area contributed by atoms with Crippen LogP contribution >= 0.6 is 11.6 Å². The molecule has 0 fully saturated rings. The SMILES string of the molecule is COc1cc(OC)cc(C(=O)NCCNC(=O)COc2ccc(Cl)cc2)c1. The van der Waals surface area contributed by atoms with Crippen molar-refractivity contribution in [2.45, 2.75) is 0 Å². The predicted octanol–water partition coefficient (Wildman–Crippen LogP) is 2.28. The van der Waals surface area contributed by atoms with E-state index in [1.807, 2.05) is 0 Å². The predicted molar refractivity (Wildman–Crippen MR) is 102 cm³/mol. The fraction of sp³-hybridized carbons (Fsp3) is 0.263. The van der Waals surface area contributed by atoms with E-state index in [4.69, 9.17) is 25.8 Å². The molecule has 0 heterocycles. The number of hydrogen-bond donors (Lipinski definition) is 2. The molecule has 0 saturated heterocycles. The van der Waals surface area contributed by atoms with Gasteiger partial charge in [-0.05, 0) is 36.4 Å². The highest BCUT2D eigenvalue weighted by atomic mass is 35.5. The quantitative estimate of drug-likeness (QED) is 0.639. The number of carbonyl (C=O) groups is 2. The molecule has 0 aliphatic rings. The van der Waals surface area contributed by atoms with Crippen molar-refractivity contribution in [2.24, 2.45) is 0 Å². The molecule has 2 aromatic carbocycles. The molecule has 8 heteroatoms. The van der Waals surface area contributed by atoms with Crippen LogP contribution in [0.3, 0.4) is 0 Å². The number of ether oxygens (including phenoxy) is 3. The third-order valence-corrected chi connectivity index (χ3v) is 3.78. The molecule has 0 bridgehead atoms. The van der Waals surface area contributed by atoms with Crippen molar-refractivity contribution in [3.63, 3.8) is 0 Å². The molecular weight excluding hydrogens is 372 g/mol. The summed E-state index contributed by atoms with van der Waals surface area (Å²) in [5.41, 5.74) is 0.406.